The van der Waals surface area contributed by atoms with Gasteiger partial charge in [-0.25, -0.2) is 8.42 Å². The number of para-hydroxylation sites is 1. The number of nitrogens with one attached hydrogen (secondary N) is 1. The van der Waals surface area contributed by atoms with Gasteiger partial charge in [-0.2, -0.15) is 4.31 Å². The Morgan fingerprint density at radius 2 is 1.86 bits per heavy atom. The number of ether oxygens (including phenoxy) is 1. The summed E-state index contributed by atoms with van der Waals surface area (Å²) in [7, 11) is -2.09. The summed E-state index contributed by atoms with van der Waals surface area (Å²) in [5.41, 5.74) is 4.30. The van der Waals surface area contributed by atoms with E-state index in [1.807, 2.05) is 61.5 Å². The van der Waals surface area contributed by atoms with Crippen LogP contribution in [0.1, 0.15) is 34.7 Å². The number of rotatable bonds is 4. The highest BCUT2D eigenvalue weighted by molar-refractivity contribution is 7.89. The van der Waals surface area contributed by atoms with Crippen molar-refractivity contribution in [2.45, 2.75) is 30.3 Å². The fourth-order valence-electron chi connectivity index (χ4n) is 5.10. The number of fused-ring (bicyclic) bond motifs is 3. The SMILES string of the molecule is COc1ccccc1C#Cc1ccc2c(c1)[C@H]1[C@H](CCN1S(=O)(=O)c1ccc(C)cc1)[C@@H](CO)N2. The summed E-state index contributed by atoms with van der Waals surface area (Å²) >= 11 is 0. The van der Waals surface area contributed by atoms with Crippen LogP contribution in [0.5, 0.6) is 5.75 Å². The van der Waals surface area contributed by atoms with Crippen molar-refractivity contribution >= 4 is 15.7 Å². The number of hydrogen-bond acceptors (Lipinski definition) is 5. The first-order chi connectivity index (χ1) is 16.9. The third kappa shape index (κ3) is 4.30. The van der Waals surface area contributed by atoms with E-state index in [0.717, 1.165) is 27.9 Å². The average molecular weight is 489 g/mol. The number of aliphatic hydroxyl groups is 1. The van der Waals surface area contributed by atoms with Crippen molar-refractivity contribution in [2.24, 2.45) is 5.92 Å². The maximum absolute atomic E-state index is 13.7. The molecule has 6 nitrogen and oxygen atoms in total. The maximum Gasteiger partial charge on any atom is 0.243 e. The highest BCUT2D eigenvalue weighted by atomic mass is 32.2. The fraction of sp³-hybridized carbons (Fsp3) is 0.286. The predicted molar refractivity (Wildman–Crippen MR) is 136 cm³/mol. The molecular weight excluding hydrogens is 460 g/mol. The first-order valence-electron chi connectivity index (χ1n) is 11.7. The Labute approximate surface area is 206 Å². The van der Waals surface area contributed by atoms with Crippen LogP contribution >= 0.6 is 0 Å². The van der Waals surface area contributed by atoms with Crippen LogP contribution in [0, 0.1) is 24.7 Å². The average Bonchev–Trinajstić information content (AvgIpc) is 3.34. The molecule has 2 aliphatic heterocycles. The summed E-state index contributed by atoms with van der Waals surface area (Å²) in [5, 5.41) is 13.5. The molecule has 2 N–H and O–H groups in total. The lowest BCUT2D eigenvalue weighted by Gasteiger charge is -2.38. The van der Waals surface area contributed by atoms with Crippen LogP contribution < -0.4 is 10.1 Å². The molecule has 5 rings (SSSR count). The maximum atomic E-state index is 13.7. The minimum atomic E-state index is -3.71. The van der Waals surface area contributed by atoms with Crippen LogP contribution in [0.15, 0.2) is 71.6 Å². The lowest BCUT2D eigenvalue weighted by molar-refractivity contribution is 0.210. The van der Waals surface area contributed by atoms with Crippen molar-refractivity contribution < 1.29 is 18.3 Å². The highest BCUT2D eigenvalue weighted by Crippen LogP contribution is 2.48. The minimum absolute atomic E-state index is 0.0369. The first-order valence-corrected chi connectivity index (χ1v) is 13.1. The molecule has 7 heteroatoms. The lowest BCUT2D eigenvalue weighted by atomic mass is 9.83. The molecule has 3 aromatic rings. The van der Waals surface area contributed by atoms with Crippen molar-refractivity contribution in [3.8, 4) is 17.6 Å². The summed E-state index contributed by atoms with van der Waals surface area (Å²) < 4.78 is 34.3. The van der Waals surface area contributed by atoms with Gasteiger partial charge in [-0.1, -0.05) is 41.7 Å². The van der Waals surface area contributed by atoms with Crippen molar-refractivity contribution in [2.75, 3.05) is 25.6 Å². The minimum Gasteiger partial charge on any atom is -0.495 e. The number of aliphatic hydroxyl groups excluding tert-OH is 1. The smallest absolute Gasteiger partial charge is 0.243 e. The second kappa shape index (κ2) is 9.38. The van der Waals surface area contributed by atoms with E-state index in [9.17, 15) is 13.5 Å². The molecule has 0 aromatic heterocycles. The number of nitrogens with zero attached hydrogens (tertiary/aromatic N) is 1. The second-order valence-corrected chi connectivity index (χ2v) is 10.9. The van der Waals surface area contributed by atoms with Crippen LogP contribution in [0.4, 0.5) is 5.69 Å². The van der Waals surface area contributed by atoms with E-state index in [1.165, 1.54) is 0 Å². The van der Waals surface area contributed by atoms with Gasteiger partial charge in [0.2, 0.25) is 10.0 Å². The molecule has 0 aliphatic carbocycles. The molecule has 35 heavy (non-hydrogen) atoms. The van der Waals surface area contributed by atoms with E-state index in [-0.39, 0.29) is 29.5 Å². The summed E-state index contributed by atoms with van der Waals surface area (Å²) in [4.78, 5) is 0.288. The number of aryl methyl sites for hydroxylation is 1. The van der Waals surface area contributed by atoms with Crippen LogP contribution in [-0.2, 0) is 10.0 Å². The second-order valence-electron chi connectivity index (χ2n) is 9.01. The van der Waals surface area contributed by atoms with Crippen molar-refractivity contribution in [1.82, 2.24) is 4.31 Å². The quantitative estimate of drug-likeness (QED) is 0.544. The van der Waals surface area contributed by atoms with Crippen LogP contribution in [0.3, 0.4) is 0 Å². The van der Waals surface area contributed by atoms with E-state index < -0.39 is 10.0 Å². The third-order valence-corrected chi connectivity index (χ3v) is 8.79. The molecule has 3 aromatic carbocycles. The van der Waals surface area contributed by atoms with E-state index >= 15 is 0 Å². The van der Waals surface area contributed by atoms with Gasteiger partial charge in [0.1, 0.15) is 5.75 Å². The Morgan fingerprint density at radius 3 is 2.60 bits per heavy atom. The number of benzene rings is 3. The summed E-state index contributed by atoms with van der Waals surface area (Å²) in [6.45, 7) is 2.28. The molecule has 0 amide bonds. The van der Waals surface area contributed by atoms with Gasteiger partial charge in [-0.3, -0.25) is 0 Å². The van der Waals surface area contributed by atoms with Crippen LogP contribution in [-0.4, -0.2) is 44.1 Å². The number of anilines is 1. The lowest BCUT2D eigenvalue weighted by Crippen LogP contribution is -2.42. The molecule has 0 radical (unpaired) electrons. The third-order valence-electron chi connectivity index (χ3n) is 6.90. The molecule has 2 heterocycles. The van der Waals surface area contributed by atoms with E-state index in [1.54, 1.807) is 23.5 Å². The molecule has 3 atom stereocenters. The van der Waals surface area contributed by atoms with Gasteiger partial charge in [-0.15, -0.1) is 0 Å². The Balaban J connectivity index is 1.56. The van der Waals surface area contributed by atoms with Gasteiger partial charge >= 0.3 is 0 Å². The Bertz CT molecular complexity index is 1410. The molecule has 0 spiro atoms. The van der Waals surface area contributed by atoms with E-state index in [2.05, 4.69) is 17.2 Å². The predicted octanol–water partition coefficient (Wildman–Crippen LogP) is 3.94. The summed E-state index contributed by atoms with van der Waals surface area (Å²) in [6, 6.07) is 19.8. The standard InChI is InChI=1S/C28H28N2O4S/c1-19-7-12-22(13-8-19)35(32,33)30-16-15-23-26(18-31)29-25-14-10-20(17-24(25)28(23)30)9-11-21-5-3-4-6-27(21)34-2/h3-8,10,12-14,17,23,26,28-29,31H,15-16,18H2,1-2H3/t23-,26-,28-/m1/s1. The zero-order valence-corrected chi connectivity index (χ0v) is 20.5. The van der Waals surface area contributed by atoms with Crippen LogP contribution in [0.2, 0.25) is 0 Å². The zero-order chi connectivity index (χ0) is 24.6. The molecule has 0 bridgehead atoms. The van der Waals surface area contributed by atoms with Gasteiger partial charge in [0, 0.05) is 23.7 Å². The largest absolute Gasteiger partial charge is 0.495 e. The van der Waals surface area contributed by atoms with Gasteiger partial charge < -0.3 is 15.2 Å². The molecule has 0 unspecified atom stereocenters. The number of methoxy groups -OCH3 is 1. The normalized spacial score (nSPS) is 21.3. The Kier molecular flexibility index (Phi) is 6.28. The van der Waals surface area contributed by atoms with E-state index in [4.69, 9.17) is 4.74 Å². The summed E-state index contributed by atoms with van der Waals surface area (Å²) in [6.07, 6.45) is 0.671. The Hall–Kier alpha value is -3.31. The summed E-state index contributed by atoms with van der Waals surface area (Å²) in [5.74, 6) is 7.05. The van der Waals surface area contributed by atoms with Crippen molar-refractivity contribution in [1.29, 1.82) is 0 Å². The number of hydrogen-bond donors (Lipinski definition) is 2. The van der Waals surface area contributed by atoms with Crippen molar-refractivity contribution in [3.05, 3.63) is 89.0 Å². The number of sulfonamides is 1. The topological polar surface area (TPSA) is 78.9 Å². The molecule has 1 saturated heterocycles. The van der Waals surface area contributed by atoms with E-state index in [0.29, 0.717) is 18.7 Å². The molecule has 180 valence electrons. The first kappa shape index (κ1) is 23.4. The van der Waals surface area contributed by atoms with Crippen LogP contribution in [0.25, 0.3) is 0 Å². The van der Waals surface area contributed by atoms with Gasteiger partial charge in [0.15, 0.2) is 0 Å². The molecular formula is C28H28N2O4S. The monoisotopic (exact) mass is 488 g/mol. The van der Waals surface area contributed by atoms with Gasteiger partial charge in [0.05, 0.1) is 36.3 Å². The van der Waals surface area contributed by atoms with Gasteiger partial charge in [-0.05, 0) is 61.4 Å². The van der Waals surface area contributed by atoms with Gasteiger partial charge in [0.25, 0.3) is 0 Å². The Morgan fingerprint density at radius 1 is 1.09 bits per heavy atom. The molecule has 0 saturated carbocycles. The fourth-order valence-corrected chi connectivity index (χ4v) is 6.77. The zero-order valence-electron chi connectivity index (χ0n) is 19.7. The molecule has 2 aliphatic rings. The highest BCUT2D eigenvalue weighted by Gasteiger charge is 2.48. The van der Waals surface area contributed by atoms with Crippen molar-refractivity contribution in [3.63, 3.8) is 0 Å². The molecule has 1 fully saturated rings.